The minimum Gasteiger partial charge on any atom is -0.494 e. The first-order valence-corrected chi connectivity index (χ1v) is 7.04. The Morgan fingerprint density at radius 3 is 2.24 bits per heavy atom. The summed E-state index contributed by atoms with van der Waals surface area (Å²) in [4.78, 5) is 0. The molecule has 1 aliphatic rings. The molecule has 1 fully saturated rings. The summed E-state index contributed by atoms with van der Waals surface area (Å²) < 4.78 is 30.5. The van der Waals surface area contributed by atoms with Gasteiger partial charge in [0.1, 0.15) is 0 Å². The van der Waals surface area contributed by atoms with Crippen LogP contribution in [0.1, 0.15) is 40.2 Å². The Kier molecular flexibility index (Phi) is 4.18. The summed E-state index contributed by atoms with van der Waals surface area (Å²) in [6.45, 7) is 9.92. The van der Waals surface area contributed by atoms with Crippen LogP contribution in [0, 0.1) is 5.82 Å². The van der Waals surface area contributed by atoms with Gasteiger partial charge in [0.05, 0.1) is 18.3 Å². The number of hydrogen-bond donors (Lipinski definition) is 0. The predicted octanol–water partition coefficient (Wildman–Crippen LogP) is 3.87. The molecule has 0 N–H and O–H groups in total. The number of benzene rings is 1. The first-order valence-electron chi connectivity index (χ1n) is 7.04. The van der Waals surface area contributed by atoms with Gasteiger partial charge in [0.15, 0.2) is 11.6 Å². The van der Waals surface area contributed by atoms with Crippen LogP contribution >= 0.6 is 0 Å². The molecule has 1 heterocycles. The molecule has 1 aliphatic heterocycles. The van der Waals surface area contributed by atoms with E-state index in [0.29, 0.717) is 0 Å². The van der Waals surface area contributed by atoms with Crippen LogP contribution < -0.4 is 4.74 Å². The minimum atomic E-state index is -0.430. The van der Waals surface area contributed by atoms with Crippen molar-refractivity contribution in [1.82, 2.24) is 0 Å². The molecule has 0 aliphatic carbocycles. The zero-order valence-electron chi connectivity index (χ0n) is 13.5. The molecule has 5 heteroatoms. The van der Waals surface area contributed by atoms with Gasteiger partial charge in [-0.3, -0.25) is 0 Å². The SMILES string of the molecule is COc1ccc(/C(C)=C/B2OC(C)(C)C(C)(C)O2)cc1F. The molecule has 0 saturated carbocycles. The van der Waals surface area contributed by atoms with Crippen molar-refractivity contribution in [3.63, 3.8) is 0 Å². The van der Waals surface area contributed by atoms with Gasteiger partial charge in [0, 0.05) is 0 Å². The third kappa shape index (κ3) is 3.14. The molecule has 3 nitrogen and oxygen atoms in total. The van der Waals surface area contributed by atoms with Crippen LogP contribution in [0.4, 0.5) is 4.39 Å². The van der Waals surface area contributed by atoms with Crippen molar-refractivity contribution < 1.29 is 18.4 Å². The lowest BCUT2D eigenvalue weighted by atomic mass is 9.85. The van der Waals surface area contributed by atoms with Crippen molar-refractivity contribution in [2.45, 2.75) is 45.8 Å². The highest BCUT2D eigenvalue weighted by molar-refractivity contribution is 6.53. The van der Waals surface area contributed by atoms with E-state index >= 15 is 0 Å². The lowest BCUT2D eigenvalue weighted by Crippen LogP contribution is -2.41. The average molecular weight is 292 g/mol. The summed E-state index contributed by atoms with van der Waals surface area (Å²) in [5, 5.41) is 0. The van der Waals surface area contributed by atoms with Gasteiger partial charge in [-0.25, -0.2) is 4.39 Å². The van der Waals surface area contributed by atoms with E-state index in [9.17, 15) is 4.39 Å². The number of allylic oxidation sites excluding steroid dienone is 1. The van der Waals surface area contributed by atoms with E-state index in [1.165, 1.54) is 13.2 Å². The van der Waals surface area contributed by atoms with Gasteiger partial charge >= 0.3 is 7.12 Å². The second-order valence-electron chi connectivity index (χ2n) is 6.32. The molecular weight excluding hydrogens is 270 g/mol. The summed E-state index contributed by atoms with van der Waals surface area (Å²) >= 11 is 0. The monoisotopic (exact) mass is 292 g/mol. The van der Waals surface area contributed by atoms with Crippen LogP contribution in [0.3, 0.4) is 0 Å². The second-order valence-corrected chi connectivity index (χ2v) is 6.32. The molecule has 1 aromatic carbocycles. The molecule has 0 atom stereocenters. The van der Waals surface area contributed by atoms with Crippen molar-refractivity contribution in [2.75, 3.05) is 7.11 Å². The van der Waals surface area contributed by atoms with Crippen LogP contribution in [-0.4, -0.2) is 25.4 Å². The fourth-order valence-electron chi connectivity index (χ4n) is 2.17. The first-order chi connectivity index (χ1) is 9.66. The van der Waals surface area contributed by atoms with Gasteiger partial charge in [-0.2, -0.15) is 0 Å². The van der Waals surface area contributed by atoms with Crippen LogP contribution in [0.15, 0.2) is 24.2 Å². The standard InChI is InChI=1S/C16H22BFO3/c1-11(12-7-8-14(19-6)13(18)9-12)10-17-20-15(2,3)16(4,5)21-17/h7-10H,1-6H3/b11-10+. The highest BCUT2D eigenvalue weighted by atomic mass is 19.1. The molecule has 0 spiro atoms. The third-order valence-corrected chi connectivity index (χ3v) is 4.26. The van der Waals surface area contributed by atoms with Gasteiger partial charge in [0.25, 0.3) is 0 Å². The van der Waals surface area contributed by atoms with Gasteiger partial charge in [-0.05, 0) is 52.3 Å². The lowest BCUT2D eigenvalue weighted by Gasteiger charge is -2.32. The van der Waals surface area contributed by atoms with E-state index in [1.807, 2.05) is 46.7 Å². The maximum absolute atomic E-state index is 13.8. The summed E-state index contributed by atoms with van der Waals surface area (Å²) in [6.07, 6.45) is 0. The largest absolute Gasteiger partial charge is 0.494 e. The van der Waals surface area contributed by atoms with Gasteiger partial charge < -0.3 is 14.0 Å². The molecule has 0 unspecified atom stereocenters. The summed E-state index contributed by atoms with van der Waals surface area (Å²) in [5.74, 6) is 1.73. The van der Waals surface area contributed by atoms with Crippen molar-refractivity contribution in [3.05, 3.63) is 35.6 Å². The van der Waals surface area contributed by atoms with Crippen LogP contribution in [-0.2, 0) is 9.31 Å². The van der Waals surface area contributed by atoms with Crippen molar-refractivity contribution in [2.24, 2.45) is 0 Å². The Balaban J connectivity index is 2.21. The Hall–Kier alpha value is -1.33. The summed E-state index contributed by atoms with van der Waals surface area (Å²) in [6, 6.07) is 4.89. The van der Waals surface area contributed by atoms with Gasteiger partial charge in [0.2, 0.25) is 0 Å². The maximum Gasteiger partial charge on any atom is 0.487 e. The number of hydrogen-bond acceptors (Lipinski definition) is 3. The fraction of sp³-hybridized carbons (Fsp3) is 0.500. The molecule has 0 bridgehead atoms. The van der Waals surface area contributed by atoms with E-state index in [4.69, 9.17) is 14.0 Å². The normalized spacial score (nSPS) is 20.7. The van der Waals surface area contributed by atoms with Crippen molar-refractivity contribution >= 4 is 12.7 Å². The molecule has 1 saturated heterocycles. The minimum absolute atomic E-state index is 0.238. The smallest absolute Gasteiger partial charge is 0.487 e. The molecule has 0 amide bonds. The molecule has 1 aromatic rings. The van der Waals surface area contributed by atoms with E-state index in [1.54, 1.807) is 6.07 Å². The summed E-state index contributed by atoms with van der Waals surface area (Å²) in [7, 11) is 1.02. The number of halogens is 1. The van der Waals surface area contributed by atoms with Crippen molar-refractivity contribution in [1.29, 1.82) is 0 Å². The fourth-order valence-corrected chi connectivity index (χ4v) is 2.17. The topological polar surface area (TPSA) is 27.7 Å². The molecule has 2 rings (SSSR count). The molecule has 21 heavy (non-hydrogen) atoms. The molecule has 114 valence electrons. The Bertz CT molecular complexity index is 551. The third-order valence-electron chi connectivity index (χ3n) is 4.26. The maximum atomic E-state index is 13.8. The van der Waals surface area contributed by atoms with E-state index in [2.05, 4.69) is 0 Å². The molecule has 0 radical (unpaired) electrons. The van der Waals surface area contributed by atoms with Crippen LogP contribution in [0.5, 0.6) is 5.75 Å². The van der Waals surface area contributed by atoms with Gasteiger partial charge in [-0.15, -0.1) is 0 Å². The molecule has 0 aromatic heterocycles. The second kappa shape index (κ2) is 5.46. The quantitative estimate of drug-likeness (QED) is 0.791. The Morgan fingerprint density at radius 1 is 1.19 bits per heavy atom. The van der Waals surface area contributed by atoms with Crippen LogP contribution in [0.25, 0.3) is 5.57 Å². The van der Waals surface area contributed by atoms with Crippen LogP contribution in [0.2, 0.25) is 0 Å². The van der Waals surface area contributed by atoms with E-state index in [-0.39, 0.29) is 22.8 Å². The lowest BCUT2D eigenvalue weighted by molar-refractivity contribution is 0.00578. The predicted molar refractivity (Wildman–Crippen MR) is 82.7 cm³/mol. The highest BCUT2D eigenvalue weighted by Gasteiger charge is 2.50. The zero-order chi connectivity index (χ0) is 15.8. The van der Waals surface area contributed by atoms with Crippen molar-refractivity contribution in [3.8, 4) is 5.75 Å². The van der Waals surface area contributed by atoms with E-state index in [0.717, 1.165) is 11.1 Å². The Morgan fingerprint density at radius 2 is 1.76 bits per heavy atom. The zero-order valence-corrected chi connectivity index (χ0v) is 13.5. The number of rotatable bonds is 3. The Labute approximate surface area is 126 Å². The number of ether oxygens (including phenoxy) is 1. The van der Waals surface area contributed by atoms with E-state index < -0.39 is 7.12 Å². The highest BCUT2D eigenvalue weighted by Crippen LogP contribution is 2.37. The van der Waals surface area contributed by atoms with Gasteiger partial charge in [-0.1, -0.05) is 17.6 Å². The molecular formula is C16H22BFO3. The first kappa shape index (κ1) is 16.1. The average Bonchev–Trinajstić information content (AvgIpc) is 2.57. The summed E-state index contributed by atoms with van der Waals surface area (Å²) in [5.41, 5.74) is 0.928. The number of methoxy groups -OCH3 is 1.